The zero-order valence-corrected chi connectivity index (χ0v) is 12.9. The summed E-state index contributed by atoms with van der Waals surface area (Å²) in [5.74, 6) is 0.223. The van der Waals surface area contributed by atoms with Crippen LogP contribution in [0.1, 0.15) is 6.23 Å². The highest BCUT2D eigenvalue weighted by atomic mass is 16.6. The summed E-state index contributed by atoms with van der Waals surface area (Å²) in [5, 5.41) is 39.9. The molecular weight excluding hydrogens is 322 g/mol. The van der Waals surface area contributed by atoms with E-state index in [1.54, 1.807) is 0 Å². The lowest BCUT2D eigenvalue weighted by molar-refractivity contribution is -0.753. The molecule has 2 aromatic heterocycles. The van der Waals surface area contributed by atoms with Crippen LogP contribution in [0.5, 0.6) is 0 Å². The van der Waals surface area contributed by atoms with Crippen LogP contribution >= 0.6 is 0 Å². The van der Waals surface area contributed by atoms with Crippen molar-refractivity contribution in [3.63, 3.8) is 0 Å². The first-order valence-electron chi connectivity index (χ1n) is 7.31. The van der Waals surface area contributed by atoms with Crippen LogP contribution in [-0.4, -0.2) is 79.6 Å². The summed E-state index contributed by atoms with van der Waals surface area (Å²) in [6, 6.07) is 0. The molecule has 0 aromatic carbocycles. The molecule has 132 valence electrons. The fourth-order valence-corrected chi connectivity index (χ4v) is 2.87. The third-order valence-electron chi connectivity index (χ3n) is 4.19. The van der Waals surface area contributed by atoms with Crippen LogP contribution in [-0.2, 0) is 9.47 Å². The standard InChI is InChI=1S/C13H19N5O6/c1-23-10-9(22)8(21)7(20)5(2-19)24-13(10)18-4-17-6-11(14)15-3-16-12(6)18/h3-5,7-10,13,19-22H,2H2,1H3,(H2,14,15,16)/p+1/t5-,7-,8-,9-,10-,13-/m1/s1. The molecule has 0 radical (unpaired) electrons. The molecule has 6 atom stereocenters. The van der Waals surface area contributed by atoms with Crippen LogP contribution in [0.3, 0.4) is 0 Å². The largest absolute Gasteiger partial charge is 0.394 e. The van der Waals surface area contributed by atoms with E-state index in [1.165, 1.54) is 24.3 Å². The van der Waals surface area contributed by atoms with E-state index in [4.69, 9.17) is 15.2 Å². The van der Waals surface area contributed by atoms with Gasteiger partial charge in [-0.05, 0) is 0 Å². The fraction of sp³-hybridized carbons (Fsp3) is 0.615. The van der Waals surface area contributed by atoms with Gasteiger partial charge in [0.25, 0.3) is 0 Å². The van der Waals surface area contributed by atoms with Crippen molar-refractivity contribution in [1.82, 2.24) is 15.0 Å². The van der Waals surface area contributed by atoms with Crippen LogP contribution in [0.4, 0.5) is 5.82 Å². The number of aliphatic hydroxyl groups is 4. The Bertz CT molecular complexity index is 711. The second kappa shape index (κ2) is 6.55. The number of ether oxygens (including phenoxy) is 2. The summed E-state index contributed by atoms with van der Waals surface area (Å²) in [7, 11) is 1.33. The number of aromatic amines is 1. The van der Waals surface area contributed by atoms with Gasteiger partial charge in [-0.3, -0.25) is 4.98 Å². The quantitative estimate of drug-likeness (QED) is 0.314. The van der Waals surface area contributed by atoms with Crippen molar-refractivity contribution in [3.05, 3.63) is 12.7 Å². The van der Waals surface area contributed by atoms with E-state index >= 15 is 0 Å². The number of rotatable bonds is 3. The number of hydrogen-bond donors (Lipinski definition) is 6. The second-order valence-electron chi connectivity index (χ2n) is 5.56. The number of nitrogens with one attached hydrogen (secondary N) is 1. The number of nitrogen functional groups attached to an aromatic ring is 1. The Kier molecular flexibility index (Phi) is 4.62. The average molecular weight is 342 g/mol. The molecule has 0 unspecified atom stereocenters. The normalized spacial score (nSPS) is 34.4. The van der Waals surface area contributed by atoms with E-state index in [2.05, 4.69) is 15.0 Å². The summed E-state index contributed by atoms with van der Waals surface area (Å²) in [5.41, 5.74) is 6.62. The van der Waals surface area contributed by atoms with Gasteiger partial charge < -0.3 is 35.6 Å². The number of hydrogen-bond acceptors (Lipinski definition) is 9. The number of methoxy groups -OCH3 is 1. The Labute approximate surface area is 136 Å². The molecule has 1 aliphatic rings. The predicted octanol–water partition coefficient (Wildman–Crippen LogP) is -3.18. The van der Waals surface area contributed by atoms with Gasteiger partial charge >= 0.3 is 5.65 Å². The molecule has 3 heterocycles. The zero-order valence-electron chi connectivity index (χ0n) is 12.9. The number of fused-ring (bicyclic) bond motifs is 1. The van der Waals surface area contributed by atoms with Gasteiger partial charge in [-0.2, -0.15) is 4.98 Å². The van der Waals surface area contributed by atoms with Crippen LogP contribution in [0, 0.1) is 0 Å². The summed E-state index contributed by atoms with van der Waals surface area (Å²) < 4.78 is 12.5. The highest BCUT2D eigenvalue weighted by molar-refractivity contribution is 5.77. The van der Waals surface area contributed by atoms with E-state index in [0.29, 0.717) is 11.2 Å². The number of nitrogens with two attached hydrogens (primary N) is 1. The molecule has 0 bridgehead atoms. The maximum atomic E-state index is 10.3. The highest BCUT2D eigenvalue weighted by Crippen LogP contribution is 2.27. The molecule has 11 heteroatoms. The Balaban J connectivity index is 2.09. The van der Waals surface area contributed by atoms with Crippen molar-refractivity contribution in [2.45, 2.75) is 36.7 Å². The van der Waals surface area contributed by atoms with Gasteiger partial charge in [-0.15, -0.1) is 0 Å². The first-order valence-corrected chi connectivity index (χ1v) is 7.31. The zero-order chi connectivity index (χ0) is 17.4. The maximum absolute atomic E-state index is 10.3. The molecule has 1 aliphatic heterocycles. The minimum absolute atomic E-state index is 0.223. The van der Waals surface area contributed by atoms with Crippen LogP contribution in [0.2, 0.25) is 0 Å². The maximum Gasteiger partial charge on any atom is 0.309 e. The minimum Gasteiger partial charge on any atom is -0.394 e. The van der Waals surface area contributed by atoms with Crippen LogP contribution < -0.4 is 10.3 Å². The van der Waals surface area contributed by atoms with Crippen molar-refractivity contribution in [1.29, 1.82) is 0 Å². The Hall–Kier alpha value is -1.89. The molecule has 1 saturated heterocycles. The number of aromatic nitrogens is 4. The molecule has 2 aromatic rings. The van der Waals surface area contributed by atoms with Gasteiger partial charge in [-0.25, -0.2) is 4.57 Å². The predicted molar refractivity (Wildman–Crippen MR) is 78.3 cm³/mol. The Morgan fingerprint density at radius 2 is 2.04 bits per heavy atom. The Morgan fingerprint density at radius 3 is 2.71 bits per heavy atom. The summed E-state index contributed by atoms with van der Waals surface area (Å²) >= 11 is 0. The second-order valence-corrected chi connectivity index (χ2v) is 5.56. The molecule has 1 fully saturated rings. The molecule has 24 heavy (non-hydrogen) atoms. The van der Waals surface area contributed by atoms with Crippen molar-refractivity contribution in [2.24, 2.45) is 0 Å². The smallest absolute Gasteiger partial charge is 0.309 e. The number of nitrogens with zero attached hydrogens (tertiary/aromatic N) is 3. The highest BCUT2D eigenvalue weighted by Gasteiger charge is 2.47. The summed E-state index contributed by atoms with van der Waals surface area (Å²) in [6.07, 6.45) is -4.88. The summed E-state index contributed by atoms with van der Waals surface area (Å²) in [4.78, 5) is 10.9. The Morgan fingerprint density at radius 1 is 1.29 bits per heavy atom. The number of anilines is 1. The van der Waals surface area contributed by atoms with E-state index in [-0.39, 0.29) is 5.82 Å². The molecule has 0 amide bonds. The van der Waals surface area contributed by atoms with Crippen molar-refractivity contribution < 1.29 is 34.5 Å². The van der Waals surface area contributed by atoms with E-state index in [0.717, 1.165) is 0 Å². The molecule has 3 rings (SSSR count). The number of H-pyrrole nitrogens is 1. The van der Waals surface area contributed by atoms with Gasteiger partial charge in [0.15, 0.2) is 18.5 Å². The molecule has 0 spiro atoms. The van der Waals surface area contributed by atoms with Crippen molar-refractivity contribution in [2.75, 3.05) is 19.5 Å². The first kappa shape index (κ1) is 17.0. The van der Waals surface area contributed by atoms with E-state index < -0.39 is 43.4 Å². The van der Waals surface area contributed by atoms with Crippen molar-refractivity contribution in [3.8, 4) is 0 Å². The lowest BCUT2D eigenvalue weighted by Crippen LogP contribution is -2.53. The van der Waals surface area contributed by atoms with Gasteiger partial charge in [0.1, 0.15) is 30.5 Å². The van der Waals surface area contributed by atoms with Gasteiger partial charge in [0.05, 0.1) is 6.61 Å². The average Bonchev–Trinajstić information content (AvgIpc) is 2.98. The van der Waals surface area contributed by atoms with Gasteiger partial charge in [0, 0.05) is 7.11 Å². The molecule has 7 N–H and O–H groups in total. The molecule has 0 saturated carbocycles. The number of aliphatic hydroxyl groups excluding tert-OH is 4. The first-order chi connectivity index (χ1) is 11.5. The van der Waals surface area contributed by atoms with Crippen LogP contribution in [0.25, 0.3) is 11.2 Å². The van der Waals surface area contributed by atoms with Crippen LogP contribution in [0.15, 0.2) is 12.7 Å². The minimum atomic E-state index is -1.55. The number of imidazole rings is 1. The van der Waals surface area contributed by atoms with Gasteiger partial charge in [-0.1, -0.05) is 4.98 Å². The van der Waals surface area contributed by atoms with Crippen molar-refractivity contribution >= 4 is 17.0 Å². The molecule has 11 nitrogen and oxygen atoms in total. The lowest BCUT2D eigenvalue weighted by Gasteiger charge is -2.26. The van der Waals surface area contributed by atoms with E-state index in [1.807, 2.05) is 0 Å². The third-order valence-corrected chi connectivity index (χ3v) is 4.19. The molecule has 0 aliphatic carbocycles. The third kappa shape index (κ3) is 2.60. The topological polar surface area (TPSA) is 171 Å². The monoisotopic (exact) mass is 342 g/mol. The van der Waals surface area contributed by atoms with Gasteiger partial charge in [0.2, 0.25) is 11.7 Å². The fourth-order valence-electron chi connectivity index (χ4n) is 2.87. The lowest BCUT2D eigenvalue weighted by atomic mass is 10.0. The van der Waals surface area contributed by atoms with E-state index in [9.17, 15) is 20.4 Å². The summed E-state index contributed by atoms with van der Waals surface area (Å²) in [6.45, 7) is -0.558. The SMILES string of the molecule is CO[C@@H]1[C@H](O)[C@H](O)[C@H](O)[C@@H](CO)O[C@H]1[n+]1c[nH]c2c(N)ncnc21. The molecular formula is C13H20N5O6+.